The Hall–Kier alpha value is -3.29. The van der Waals surface area contributed by atoms with Crippen LogP contribution in [0.15, 0.2) is 47.4 Å². The molecule has 6 N–H and O–H groups in total. The molecule has 8 nitrogen and oxygen atoms in total. The van der Waals surface area contributed by atoms with Gasteiger partial charge in [0.2, 0.25) is 0 Å². The van der Waals surface area contributed by atoms with Crippen LogP contribution < -0.4 is 16.4 Å². The maximum Gasteiger partial charge on any atom is 0.339 e. The molecule has 128 valence electrons. The van der Waals surface area contributed by atoms with Crippen LogP contribution in [-0.2, 0) is 0 Å². The van der Waals surface area contributed by atoms with Crippen molar-refractivity contribution in [3.63, 3.8) is 0 Å². The Bertz CT molecular complexity index is 695. The van der Waals surface area contributed by atoms with E-state index < -0.39 is 17.6 Å². The minimum Gasteiger partial charge on any atom is -0.507 e. The number of nitrogens with one attached hydrogen (secondary N) is 2. The summed E-state index contributed by atoms with van der Waals surface area (Å²) in [7, 11) is 0. The standard InChI is InChI=1S/C16H20N4O4/c1-3-12(14(17)18-4-2)19-7-8-20-15(22)10-5-6-13(21)11(9-10)16(23)24/h3-6,9,19,21H,1,7-8,17H2,2H3,(H,20,22)(H,23,24)/b14-12+,18-4?. The normalized spacial score (nSPS) is 11.7. The van der Waals surface area contributed by atoms with E-state index in [1.807, 2.05) is 0 Å². The van der Waals surface area contributed by atoms with Gasteiger partial charge in [0.1, 0.15) is 17.1 Å². The molecule has 0 saturated carbocycles. The number of nitrogens with two attached hydrogens (primary N) is 1. The number of nitrogens with zero attached hydrogens (tertiary/aromatic N) is 1. The van der Waals surface area contributed by atoms with Crippen LogP contribution in [0.2, 0.25) is 0 Å². The summed E-state index contributed by atoms with van der Waals surface area (Å²) in [4.78, 5) is 26.9. The first-order chi connectivity index (χ1) is 11.4. The SMILES string of the molecule is C=C/C(NCCNC(=O)c1ccc(O)c(C(=O)O)c1)=C(/N)N=CC. The minimum atomic E-state index is -1.31. The number of aromatic hydroxyl groups is 1. The van der Waals surface area contributed by atoms with Crippen molar-refractivity contribution in [3.05, 3.63) is 53.5 Å². The zero-order chi connectivity index (χ0) is 18.1. The summed E-state index contributed by atoms with van der Waals surface area (Å²) in [6, 6.07) is 3.62. The number of carboxylic acid groups (broad SMARTS) is 1. The number of carbonyl (C=O) groups excluding carboxylic acids is 1. The van der Waals surface area contributed by atoms with Gasteiger partial charge in [0.05, 0.1) is 5.70 Å². The molecule has 1 rings (SSSR count). The highest BCUT2D eigenvalue weighted by atomic mass is 16.4. The van der Waals surface area contributed by atoms with Gasteiger partial charge in [0.25, 0.3) is 5.91 Å². The molecule has 0 bridgehead atoms. The second kappa shape index (κ2) is 8.99. The van der Waals surface area contributed by atoms with Gasteiger partial charge in [-0.05, 0) is 31.2 Å². The molecule has 0 aliphatic rings. The summed E-state index contributed by atoms with van der Waals surface area (Å²) in [5.74, 6) is -1.88. The zero-order valence-corrected chi connectivity index (χ0v) is 13.2. The van der Waals surface area contributed by atoms with Gasteiger partial charge in [-0.1, -0.05) is 6.58 Å². The molecule has 0 fully saturated rings. The first-order valence-corrected chi connectivity index (χ1v) is 7.10. The van der Waals surface area contributed by atoms with Crippen molar-refractivity contribution in [3.8, 4) is 5.75 Å². The van der Waals surface area contributed by atoms with E-state index in [9.17, 15) is 14.7 Å². The molecule has 1 aromatic rings. The van der Waals surface area contributed by atoms with Crippen LogP contribution in [0.3, 0.4) is 0 Å². The Kier molecular flexibility index (Phi) is 7.02. The minimum absolute atomic E-state index is 0.139. The van der Waals surface area contributed by atoms with E-state index in [1.54, 1.807) is 13.1 Å². The smallest absolute Gasteiger partial charge is 0.339 e. The first-order valence-electron chi connectivity index (χ1n) is 7.10. The van der Waals surface area contributed by atoms with Crippen LogP contribution in [0.1, 0.15) is 27.6 Å². The molecule has 24 heavy (non-hydrogen) atoms. The van der Waals surface area contributed by atoms with Crippen LogP contribution in [0, 0.1) is 0 Å². The fraction of sp³-hybridized carbons (Fsp3) is 0.188. The van der Waals surface area contributed by atoms with E-state index in [1.165, 1.54) is 18.2 Å². The van der Waals surface area contributed by atoms with Crippen LogP contribution >= 0.6 is 0 Å². The summed E-state index contributed by atoms with van der Waals surface area (Å²) in [5.41, 5.74) is 6.06. The Balaban J connectivity index is 2.61. The Morgan fingerprint density at radius 3 is 2.58 bits per heavy atom. The van der Waals surface area contributed by atoms with E-state index in [0.717, 1.165) is 6.07 Å². The monoisotopic (exact) mass is 332 g/mol. The number of rotatable bonds is 8. The summed E-state index contributed by atoms with van der Waals surface area (Å²) in [6.45, 7) is 5.99. The highest BCUT2D eigenvalue weighted by molar-refractivity contribution is 5.98. The number of carbonyl (C=O) groups is 2. The lowest BCUT2D eigenvalue weighted by molar-refractivity contribution is 0.0693. The van der Waals surface area contributed by atoms with E-state index in [4.69, 9.17) is 10.8 Å². The maximum absolute atomic E-state index is 12.0. The second-order valence-electron chi connectivity index (χ2n) is 4.61. The van der Waals surface area contributed by atoms with E-state index in [-0.39, 0.29) is 23.5 Å². The molecule has 1 amide bonds. The summed E-state index contributed by atoms with van der Waals surface area (Å²) < 4.78 is 0. The van der Waals surface area contributed by atoms with Crippen molar-refractivity contribution in [2.24, 2.45) is 10.7 Å². The third-order valence-electron chi connectivity index (χ3n) is 2.96. The van der Waals surface area contributed by atoms with E-state index >= 15 is 0 Å². The van der Waals surface area contributed by atoms with Crippen molar-refractivity contribution in [1.82, 2.24) is 10.6 Å². The Morgan fingerprint density at radius 2 is 2.00 bits per heavy atom. The fourth-order valence-electron chi connectivity index (χ4n) is 1.80. The molecule has 0 aliphatic carbocycles. The zero-order valence-electron chi connectivity index (χ0n) is 13.2. The third kappa shape index (κ3) is 5.16. The van der Waals surface area contributed by atoms with Gasteiger partial charge in [-0.15, -0.1) is 0 Å². The van der Waals surface area contributed by atoms with Gasteiger partial charge in [-0.25, -0.2) is 9.79 Å². The van der Waals surface area contributed by atoms with Gasteiger partial charge in [0, 0.05) is 24.9 Å². The lowest BCUT2D eigenvalue weighted by atomic mass is 10.1. The largest absolute Gasteiger partial charge is 0.507 e. The van der Waals surface area contributed by atoms with Crippen molar-refractivity contribution < 1.29 is 19.8 Å². The van der Waals surface area contributed by atoms with Gasteiger partial charge in [-0.2, -0.15) is 0 Å². The van der Waals surface area contributed by atoms with Gasteiger partial charge in [0.15, 0.2) is 0 Å². The predicted octanol–water partition coefficient (Wildman–Crippen LogP) is 0.814. The summed E-state index contributed by atoms with van der Waals surface area (Å²) in [5, 5.41) is 24.0. The molecular formula is C16H20N4O4. The topological polar surface area (TPSA) is 137 Å². The Labute approximate surface area is 139 Å². The van der Waals surface area contributed by atoms with Crippen LogP contribution in [0.25, 0.3) is 0 Å². The molecule has 0 saturated heterocycles. The molecule has 0 spiro atoms. The molecule has 0 heterocycles. The molecule has 8 heteroatoms. The van der Waals surface area contributed by atoms with Crippen molar-refractivity contribution in [2.45, 2.75) is 6.92 Å². The summed E-state index contributed by atoms with van der Waals surface area (Å²) >= 11 is 0. The van der Waals surface area contributed by atoms with Gasteiger partial charge in [-0.3, -0.25) is 4.79 Å². The Morgan fingerprint density at radius 1 is 1.33 bits per heavy atom. The van der Waals surface area contributed by atoms with Crippen molar-refractivity contribution in [2.75, 3.05) is 13.1 Å². The summed E-state index contributed by atoms with van der Waals surface area (Å²) in [6.07, 6.45) is 3.07. The molecule has 0 radical (unpaired) electrons. The van der Waals surface area contributed by atoms with Crippen molar-refractivity contribution >= 4 is 18.1 Å². The quantitative estimate of drug-likeness (QED) is 0.271. The first kappa shape index (κ1) is 18.8. The molecule has 0 aliphatic heterocycles. The number of aliphatic imine (C=N–C) groups is 1. The number of hydrogen-bond acceptors (Lipinski definition) is 6. The third-order valence-corrected chi connectivity index (χ3v) is 2.96. The number of amides is 1. The predicted molar refractivity (Wildman–Crippen MR) is 91.0 cm³/mol. The number of hydrogen-bond donors (Lipinski definition) is 5. The highest BCUT2D eigenvalue weighted by Gasteiger charge is 2.13. The maximum atomic E-state index is 12.0. The molecule has 0 aromatic heterocycles. The molecular weight excluding hydrogens is 312 g/mol. The molecule has 1 aromatic carbocycles. The lowest BCUT2D eigenvalue weighted by Gasteiger charge is -2.10. The average Bonchev–Trinajstić information content (AvgIpc) is 2.55. The average molecular weight is 332 g/mol. The highest BCUT2D eigenvalue weighted by Crippen LogP contribution is 2.18. The second-order valence-corrected chi connectivity index (χ2v) is 4.61. The van der Waals surface area contributed by atoms with Crippen LogP contribution in [-0.4, -0.2) is 41.4 Å². The number of phenols is 1. The molecule has 0 unspecified atom stereocenters. The van der Waals surface area contributed by atoms with Gasteiger partial charge >= 0.3 is 5.97 Å². The number of carboxylic acids is 1. The van der Waals surface area contributed by atoms with Crippen LogP contribution in [0.5, 0.6) is 5.75 Å². The fourth-order valence-corrected chi connectivity index (χ4v) is 1.80. The van der Waals surface area contributed by atoms with Gasteiger partial charge < -0.3 is 26.6 Å². The van der Waals surface area contributed by atoms with E-state index in [2.05, 4.69) is 22.2 Å². The molecule has 0 atom stereocenters. The van der Waals surface area contributed by atoms with E-state index in [0.29, 0.717) is 12.2 Å². The number of benzene rings is 1. The number of allylic oxidation sites excluding steroid dienone is 1. The van der Waals surface area contributed by atoms with Crippen LogP contribution in [0.4, 0.5) is 0 Å². The lowest BCUT2D eigenvalue weighted by Crippen LogP contribution is -2.32. The van der Waals surface area contributed by atoms with Crippen molar-refractivity contribution in [1.29, 1.82) is 0 Å². The number of aromatic carboxylic acids is 1.